The number of H-pyrrole nitrogens is 1. The minimum atomic E-state index is -2.76. The number of carbonyl (C=O) groups is 1. The molecule has 0 unspecified atom stereocenters. The van der Waals surface area contributed by atoms with E-state index in [0.717, 1.165) is 6.20 Å². The molecule has 100 valence electrons. The number of alkyl halides is 3. The van der Waals surface area contributed by atoms with Crippen molar-refractivity contribution in [3.05, 3.63) is 33.2 Å². The summed E-state index contributed by atoms with van der Waals surface area (Å²) in [6.45, 7) is 1.85. The van der Waals surface area contributed by atoms with Gasteiger partial charge in [-0.05, 0) is 6.92 Å². The molecule has 0 fully saturated rings. The van der Waals surface area contributed by atoms with E-state index in [1.807, 2.05) is 0 Å². The molecule has 0 saturated heterocycles. The molecular formula is C11H12BrF2NO3. The molecule has 0 bridgehead atoms. The maximum Gasteiger partial charge on any atom is 0.310 e. The smallest absolute Gasteiger partial charge is 0.310 e. The summed E-state index contributed by atoms with van der Waals surface area (Å²) >= 11 is 2.99. The second kappa shape index (κ2) is 6.63. The van der Waals surface area contributed by atoms with Crippen molar-refractivity contribution in [1.82, 2.24) is 4.98 Å². The highest BCUT2D eigenvalue weighted by Gasteiger charge is 2.19. The second-order valence-electron chi connectivity index (χ2n) is 3.45. The second-order valence-corrected chi connectivity index (χ2v) is 4.01. The van der Waals surface area contributed by atoms with Gasteiger partial charge in [-0.15, -0.1) is 0 Å². The van der Waals surface area contributed by atoms with E-state index in [9.17, 15) is 18.4 Å². The van der Waals surface area contributed by atoms with Crippen molar-refractivity contribution < 1.29 is 18.3 Å². The molecule has 1 aromatic heterocycles. The third kappa shape index (κ3) is 3.38. The number of aromatic nitrogens is 1. The summed E-state index contributed by atoms with van der Waals surface area (Å²) in [5, 5.41) is -0.00132. The fraction of sp³-hybridized carbons (Fsp3) is 0.455. The maximum absolute atomic E-state index is 12.6. The summed E-state index contributed by atoms with van der Waals surface area (Å²) in [5.74, 6) is -0.562. The minimum Gasteiger partial charge on any atom is -0.466 e. The van der Waals surface area contributed by atoms with Crippen LogP contribution in [0.3, 0.4) is 0 Å². The molecule has 0 amide bonds. The lowest BCUT2D eigenvalue weighted by Gasteiger charge is -2.08. The van der Waals surface area contributed by atoms with E-state index in [-0.39, 0.29) is 29.5 Å². The monoisotopic (exact) mass is 323 g/mol. The standard InChI is InChI=1S/C11H12BrF2NO3/c1-2-18-8(16)3-6-5-15-9(11(13)14)7(4-12)10(6)17/h5,11H,2-4H2,1H3,(H,15,17). The van der Waals surface area contributed by atoms with Gasteiger partial charge >= 0.3 is 5.97 Å². The van der Waals surface area contributed by atoms with Gasteiger partial charge in [0.15, 0.2) is 5.43 Å². The molecule has 0 aliphatic rings. The highest BCUT2D eigenvalue weighted by Crippen LogP contribution is 2.20. The number of nitrogens with one attached hydrogen (secondary N) is 1. The van der Waals surface area contributed by atoms with Crippen molar-refractivity contribution >= 4 is 21.9 Å². The summed E-state index contributed by atoms with van der Waals surface area (Å²) in [6.07, 6.45) is -1.86. The first-order valence-corrected chi connectivity index (χ1v) is 6.36. The van der Waals surface area contributed by atoms with E-state index >= 15 is 0 Å². The number of hydrogen-bond acceptors (Lipinski definition) is 3. The molecule has 7 heteroatoms. The van der Waals surface area contributed by atoms with Gasteiger partial charge in [0, 0.05) is 22.7 Å². The normalized spacial score (nSPS) is 10.7. The molecule has 1 N–H and O–H groups in total. The van der Waals surface area contributed by atoms with Crippen LogP contribution in [0.5, 0.6) is 0 Å². The molecular weight excluding hydrogens is 312 g/mol. The quantitative estimate of drug-likeness (QED) is 0.668. The Balaban J connectivity index is 3.10. The predicted molar refractivity (Wildman–Crippen MR) is 65.0 cm³/mol. The predicted octanol–water partition coefficient (Wildman–Crippen LogP) is 2.31. The van der Waals surface area contributed by atoms with E-state index in [2.05, 4.69) is 20.9 Å². The van der Waals surface area contributed by atoms with Crippen molar-refractivity contribution in [2.24, 2.45) is 0 Å². The van der Waals surface area contributed by atoms with E-state index in [1.54, 1.807) is 6.92 Å². The van der Waals surface area contributed by atoms with Crippen LogP contribution in [0.4, 0.5) is 8.78 Å². The van der Waals surface area contributed by atoms with Crippen molar-refractivity contribution in [3.8, 4) is 0 Å². The topological polar surface area (TPSA) is 59.2 Å². The fourth-order valence-electron chi connectivity index (χ4n) is 1.46. The zero-order chi connectivity index (χ0) is 13.7. The third-order valence-corrected chi connectivity index (χ3v) is 2.85. The molecule has 1 aromatic rings. The van der Waals surface area contributed by atoms with Crippen molar-refractivity contribution in [2.75, 3.05) is 6.61 Å². The van der Waals surface area contributed by atoms with E-state index in [1.165, 1.54) is 0 Å². The molecule has 1 rings (SSSR count). The van der Waals surface area contributed by atoms with E-state index in [0.29, 0.717) is 0 Å². The highest BCUT2D eigenvalue weighted by atomic mass is 79.9. The highest BCUT2D eigenvalue weighted by molar-refractivity contribution is 9.08. The van der Waals surface area contributed by atoms with Crippen LogP contribution >= 0.6 is 15.9 Å². The van der Waals surface area contributed by atoms with Crippen molar-refractivity contribution in [2.45, 2.75) is 25.1 Å². The number of carbonyl (C=O) groups excluding carboxylic acids is 1. The Morgan fingerprint density at radius 1 is 1.56 bits per heavy atom. The summed E-state index contributed by atoms with van der Waals surface area (Å²) in [4.78, 5) is 25.5. The lowest BCUT2D eigenvalue weighted by Crippen LogP contribution is -2.21. The van der Waals surface area contributed by atoms with E-state index < -0.39 is 23.5 Å². The number of pyridine rings is 1. The third-order valence-electron chi connectivity index (χ3n) is 2.28. The van der Waals surface area contributed by atoms with Crippen molar-refractivity contribution in [3.63, 3.8) is 0 Å². The van der Waals surface area contributed by atoms with Crippen LogP contribution in [-0.2, 0) is 21.3 Å². The zero-order valence-electron chi connectivity index (χ0n) is 9.63. The van der Waals surface area contributed by atoms with Gasteiger partial charge in [-0.1, -0.05) is 15.9 Å². The SMILES string of the molecule is CCOC(=O)Cc1c[nH]c(C(F)F)c(CBr)c1=O. The van der Waals surface area contributed by atoms with Gasteiger partial charge in [-0.2, -0.15) is 0 Å². The Morgan fingerprint density at radius 2 is 2.22 bits per heavy atom. The zero-order valence-corrected chi connectivity index (χ0v) is 11.2. The van der Waals surface area contributed by atoms with Gasteiger partial charge < -0.3 is 9.72 Å². The summed E-state index contributed by atoms with van der Waals surface area (Å²) in [6, 6.07) is 0. The van der Waals surface area contributed by atoms with Crippen LogP contribution in [0.2, 0.25) is 0 Å². The molecule has 18 heavy (non-hydrogen) atoms. The van der Waals surface area contributed by atoms with Crippen LogP contribution in [-0.4, -0.2) is 17.6 Å². The van der Waals surface area contributed by atoms with Crippen LogP contribution in [0.1, 0.15) is 30.2 Å². The molecule has 1 heterocycles. The lowest BCUT2D eigenvalue weighted by atomic mass is 10.1. The Hall–Kier alpha value is -1.24. The van der Waals surface area contributed by atoms with E-state index in [4.69, 9.17) is 4.74 Å². The Bertz CT molecular complexity index is 488. The van der Waals surface area contributed by atoms with Crippen molar-refractivity contribution in [1.29, 1.82) is 0 Å². The first-order chi connectivity index (χ1) is 8.51. The molecule has 0 aromatic carbocycles. The Kier molecular flexibility index (Phi) is 5.46. The minimum absolute atomic E-state index is 0.00132. The lowest BCUT2D eigenvalue weighted by molar-refractivity contribution is -0.142. The number of aromatic amines is 1. The molecule has 0 saturated carbocycles. The number of halogens is 3. The Morgan fingerprint density at radius 3 is 2.72 bits per heavy atom. The molecule has 0 atom stereocenters. The first kappa shape index (κ1) is 14.8. The fourth-order valence-corrected chi connectivity index (χ4v) is 2.02. The average molecular weight is 324 g/mol. The van der Waals surface area contributed by atoms with Gasteiger partial charge in [-0.25, -0.2) is 8.78 Å². The maximum atomic E-state index is 12.6. The van der Waals surface area contributed by atoms with Crippen LogP contribution in [0.15, 0.2) is 11.0 Å². The van der Waals surface area contributed by atoms with Gasteiger partial charge in [0.25, 0.3) is 6.43 Å². The molecule has 4 nitrogen and oxygen atoms in total. The first-order valence-electron chi connectivity index (χ1n) is 5.24. The molecule has 0 aliphatic heterocycles. The average Bonchev–Trinajstić information content (AvgIpc) is 2.31. The van der Waals surface area contributed by atoms with Gasteiger partial charge in [0.2, 0.25) is 0 Å². The van der Waals surface area contributed by atoms with Gasteiger partial charge in [-0.3, -0.25) is 9.59 Å². The van der Waals surface area contributed by atoms with Crippen LogP contribution in [0.25, 0.3) is 0 Å². The summed E-state index contributed by atoms with van der Waals surface area (Å²) in [7, 11) is 0. The molecule has 0 spiro atoms. The van der Waals surface area contributed by atoms with Gasteiger partial charge in [0.05, 0.1) is 18.7 Å². The van der Waals surface area contributed by atoms with Crippen LogP contribution in [0, 0.1) is 0 Å². The summed E-state index contributed by atoms with van der Waals surface area (Å²) in [5.41, 5.74) is -0.933. The van der Waals surface area contributed by atoms with Gasteiger partial charge in [0.1, 0.15) is 0 Å². The summed E-state index contributed by atoms with van der Waals surface area (Å²) < 4.78 is 30.0. The Labute approximate surface area is 110 Å². The number of rotatable bonds is 5. The van der Waals surface area contributed by atoms with Crippen LogP contribution < -0.4 is 5.43 Å². The largest absolute Gasteiger partial charge is 0.466 e. The number of ether oxygens (including phenoxy) is 1. The number of esters is 1. The molecule has 0 aliphatic carbocycles. The number of hydrogen-bond donors (Lipinski definition) is 1. The molecule has 0 radical (unpaired) electrons.